The highest BCUT2D eigenvalue weighted by Gasteiger charge is 2.43. The van der Waals surface area contributed by atoms with Crippen LogP contribution in [0, 0.1) is 35.5 Å². The van der Waals surface area contributed by atoms with E-state index in [0.717, 1.165) is 36.8 Å². The Morgan fingerprint density at radius 3 is 2.38 bits per heavy atom. The number of benzene rings is 1. The lowest BCUT2D eigenvalue weighted by molar-refractivity contribution is -0.133. The molecule has 1 aromatic carbocycles. The van der Waals surface area contributed by atoms with E-state index in [-0.39, 0.29) is 12.2 Å². The molecule has 0 radical (unpaired) electrons. The van der Waals surface area contributed by atoms with E-state index in [2.05, 4.69) is 35.5 Å². The van der Waals surface area contributed by atoms with Crippen molar-refractivity contribution in [3.63, 3.8) is 0 Å². The second kappa shape index (κ2) is 9.99. The van der Waals surface area contributed by atoms with E-state index in [1.165, 1.54) is 16.8 Å². The van der Waals surface area contributed by atoms with Crippen LogP contribution in [0.5, 0.6) is 0 Å². The summed E-state index contributed by atoms with van der Waals surface area (Å²) in [7, 11) is 1.63. The molecule has 8 nitrogen and oxygen atoms in total. The molecule has 0 spiro atoms. The fraction of sp³-hybridized carbons (Fsp3) is 0.379. The number of carbonyl (C=O) groups is 2. The number of hydrogen-bond acceptors (Lipinski definition) is 6. The number of rotatable bonds is 5. The van der Waals surface area contributed by atoms with Gasteiger partial charge < -0.3 is 10.0 Å². The molecule has 2 aliphatic carbocycles. The zero-order valence-electron chi connectivity index (χ0n) is 21.0. The molecule has 2 atom stereocenters. The molecule has 3 fully saturated rings. The van der Waals surface area contributed by atoms with Gasteiger partial charge in [0.1, 0.15) is 6.04 Å². The minimum Gasteiger partial charge on any atom is -0.503 e. The zero-order valence-corrected chi connectivity index (χ0v) is 21.0. The largest absolute Gasteiger partial charge is 0.503 e. The summed E-state index contributed by atoms with van der Waals surface area (Å²) < 4.78 is 1.82. The van der Waals surface area contributed by atoms with Crippen molar-refractivity contribution < 1.29 is 14.7 Å². The van der Waals surface area contributed by atoms with Crippen molar-refractivity contribution >= 4 is 18.4 Å². The van der Waals surface area contributed by atoms with Gasteiger partial charge in [-0.1, -0.05) is 48.1 Å². The monoisotopic (exact) mass is 495 g/mol. The topological polar surface area (TPSA) is 91.0 Å². The number of carbonyl (C=O) groups excluding carboxylic acids is 2. The third kappa shape index (κ3) is 5.15. The number of aromatic nitrogens is 2. The number of likely N-dealkylation sites (N-methyl/N-ethyl adjacent to an activating group) is 1. The fourth-order valence-electron chi connectivity index (χ4n) is 4.40. The molecule has 1 N–H and O–H groups in total. The fourth-order valence-corrected chi connectivity index (χ4v) is 4.40. The molecule has 1 saturated heterocycles. The van der Waals surface area contributed by atoms with Crippen molar-refractivity contribution in [1.29, 1.82) is 0 Å². The number of aliphatic hydroxyl groups is 1. The maximum Gasteiger partial charge on any atom is 0.275 e. The second-order valence-corrected chi connectivity index (χ2v) is 9.81. The second-order valence-electron chi connectivity index (χ2n) is 9.81. The van der Waals surface area contributed by atoms with Crippen LogP contribution in [0.3, 0.4) is 0 Å². The van der Waals surface area contributed by atoms with Crippen LogP contribution in [0.2, 0.25) is 0 Å². The van der Waals surface area contributed by atoms with E-state index in [9.17, 15) is 14.7 Å². The zero-order chi connectivity index (χ0) is 26.1. The summed E-state index contributed by atoms with van der Waals surface area (Å²) in [6, 6.07) is 8.77. The average Bonchev–Trinajstić information content (AvgIpc) is 3.83. The number of piperazine rings is 1. The Morgan fingerprint density at radius 1 is 1.14 bits per heavy atom. The number of hydrogen-bond donors (Lipinski definition) is 1. The number of Topliss-reactive ketones (excluding diaryl/α,β-unsaturated/α-hetero) is 1. The number of aliphatic hydroxyl groups excluding tert-OH is 1. The standard InChI is InChI=1S/C29H29N5O3/c1-19(35)28(36)27-29(37)32(3)18-25(34(27)30-2)26(22-7-5-4-6-8-22)33-17-23(15-13-20-9-10-20)24(31-33)16-14-21-11-12-21/h4-8,17,20-21,25-26,36H,2,9-12,18H2,1,3H3/b28-27+. The first kappa shape index (κ1) is 24.4. The van der Waals surface area contributed by atoms with Crippen LogP contribution in [-0.4, -0.2) is 62.8 Å². The van der Waals surface area contributed by atoms with Gasteiger partial charge in [0.15, 0.2) is 22.9 Å². The molecule has 1 aliphatic heterocycles. The van der Waals surface area contributed by atoms with E-state index in [4.69, 9.17) is 5.10 Å². The molecular formula is C29H29N5O3. The molecule has 2 heterocycles. The van der Waals surface area contributed by atoms with E-state index >= 15 is 0 Å². The maximum atomic E-state index is 13.0. The Hall–Kier alpha value is -4.30. The van der Waals surface area contributed by atoms with Crippen LogP contribution in [0.25, 0.3) is 0 Å². The van der Waals surface area contributed by atoms with Gasteiger partial charge in [-0.05, 0) is 37.2 Å². The van der Waals surface area contributed by atoms with Gasteiger partial charge in [-0.25, -0.2) is 5.01 Å². The summed E-state index contributed by atoms with van der Waals surface area (Å²) in [5.41, 5.74) is 2.11. The molecule has 1 amide bonds. The molecule has 37 heavy (non-hydrogen) atoms. The van der Waals surface area contributed by atoms with E-state index in [0.29, 0.717) is 17.5 Å². The summed E-state index contributed by atoms with van der Waals surface area (Å²) >= 11 is 0. The van der Waals surface area contributed by atoms with Gasteiger partial charge in [0.2, 0.25) is 0 Å². The van der Waals surface area contributed by atoms with Crippen molar-refractivity contribution in [3.8, 4) is 23.7 Å². The molecule has 2 unspecified atom stereocenters. The van der Waals surface area contributed by atoms with Crippen LogP contribution in [-0.2, 0) is 9.59 Å². The highest BCUT2D eigenvalue weighted by Crippen LogP contribution is 2.34. The highest BCUT2D eigenvalue weighted by atomic mass is 16.3. The smallest absolute Gasteiger partial charge is 0.275 e. The third-order valence-corrected chi connectivity index (χ3v) is 6.75. The Morgan fingerprint density at radius 2 is 1.78 bits per heavy atom. The van der Waals surface area contributed by atoms with E-state index < -0.39 is 29.5 Å². The predicted octanol–water partition coefficient (Wildman–Crippen LogP) is 3.11. The SMILES string of the molecule is C=NN1/C(=C(/O)C(C)=O)C(=O)N(C)CC1C(c1ccccc1)n1cc(C#CC2CC2)c(C#CC2CC2)n1. The Kier molecular flexibility index (Phi) is 6.58. The molecule has 3 aliphatic rings. The summed E-state index contributed by atoms with van der Waals surface area (Å²) in [4.78, 5) is 26.6. The summed E-state index contributed by atoms with van der Waals surface area (Å²) in [6.45, 7) is 5.13. The van der Waals surface area contributed by atoms with Crippen LogP contribution in [0.1, 0.15) is 55.5 Å². The van der Waals surface area contributed by atoms with Gasteiger partial charge in [-0.15, -0.1) is 0 Å². The Bertz CT molecular complexity index is 1350. The van der Waals surface area contributed by atoms with Crippen molar-refractivity contribution in [3.05, 3.63) is 64.8 Å². The summed E-state index contributed by atoms with van der Waals surface area (Å²) in [6.07, 6.45) is 6.36. The van der Waals surface area contributed by atoms with Crippen LogP contribution in [0.4, 0.5) is 0 Å². The minimum atomic E-state index is -0.645. The van der Waals surface area contributed by atoms with Gasteiger partial charge >= 0.3 is 0 Å². The summed E-state index contributed by atoms with van der Waals surface area (Å²) in [5, 5.41) is 20.9. The quantitative estimate of drug-likeness (QED) is 0.298. The van der Waals surface area contributed by atoms with Crippen molar-refractivity contribution in [2.24, 2.45) is 16.9 Å². The first-order valence-corrected chi connectivity index (χ1v) is 12.5. The average molecular weight is 496 g/mol. The molecule has 2 aromatic rings. The van der Waals surface area contributed by atoms with Gasteiger partial charge in [0.25, 0.3) is 5.91 Å². The number of amides is 1. The lowest BCUT2D eigenvalue weighted by atomic mass is 9.95. The first-order chi connectivity index (χ1) is 17.9. The Labute approximate surface area is 216 Å². The maximum absolute atomic E-state index is 13.0. The van der Waals surface area contributed by atoms with Crippen LogP contribution < -0.4 is 0 Å². The molecule has 8 heteroatoms. The number of ketones is 1. The first-order valence-electron chi connectivity index (χ1n) is 12.5. The van der Waals surface area contributed by atoms with Crippen molar-refractivity contribution in [2.45, 2.75) is 44.7 Å². The van der Waals surface area contributed by atoms with Crippen LogP contribution >= 0.6 is 0 Å². The minimum absolute atomic E-state index is 0.197. The molecule has 0 bridgehead atoms. The molecule has 2 saturated carbocycles. The van der Waals surface area contributed by atoms with E-state index in [1.54, 1.807) is 7.05 Å². The number of hydrazone groups is 1. The van der Waals surface area contributed by atoms with E-state index in [1.807, 2.05) is 41.2 Å². The number of nitrogens with zero attached hydrogens (tertiary/aromatic N) is 5. The van der Waals surface area contributed by atoms with Crippen LogP contribution in [0.15, 0.2) is 53.1 Å². The van der Waals surface area contributed by atoms with Crippen molar-refractivity contribution in [1.82, 2.24) is 19.7 Å². The van der Waals surface area contributed by atoms with Gasteiger partial charge in [-0.2, -0.15) is 10.2 Å². The number of allylic oxidation sites excluding steroid dienone is 1. The molecule has 5 rings (SSSR count). The normalized spacial score (nSPS) is 21.4. The molecule has 188 valence electrons. The molecule has 1 aromatic heterocycles. The van der Waals surface area contributed by atoms with Gasteiger partial charge in [-0.3, -0.25) is 14.3 Å². The lowest BCUT2D eigenvalue weighted by Gasteiger charge is -2.42. The molecular weight excluding hydrogens is 466 g/mol. The predicted molar refractivity (Wildman–Crippen MR) is 139 cm³/mol. The van der Waals surface area contributed by atoms with Gasteiger partial charge in [0, 0.05) is 45.3 Å². The highest BCUT2D eigenvalue weighted by molar-refractivity contribution is 6.03. The third-order valence-electron chi connectivity index (χ3n) is 6.75. The lowest BCUT2D eigenvalue weighted by Crippen LogP contribution is -2.55. The summed E-state index contributed by atoms with van der Waals surface area (Å²) in [5.74, 6) is 12.2. The van der Waals surface area contributed by atoms with Gasteiger partial charge in [0.05, 0.1) is 11.6 Å². The van der Waals surface area contributed by atoms with Crippen molar-refractivity contribution in [2.75, 3.05) is 13.6 Å². The Balaban J connectivity index is 1.64.